The van der Waals surface area contributed by atoms with E-state index in [1.54, 1.807) is 22.5 Å². The van der Waals surface area contributed by atoms with Gasteiger partial charge in [0.2, 0.25) is 0 Å². The molecular weight excluding hydrogens is 566 g/mol. The number of carbonyl (C=O) groups excluding carboxylic acids is 1. The number of nitrogens with zero attached hydrogens (tertiary/aromatic N) is 5. The van der Waals surface area contributed by atoms with Crippen LogP contribution in [-0.4, -0.2) is 102 Å². The van der Waals surface area contributed by atoms with Crippen molar-refractivity contribution in [2.75, 3.05) is 7.11 Å². The number of amides is 1. The van der Waals surface area contributed by atoms with E-state index in [0.29, 0.717) is 58.1 Å². The fraction of sp³-hybridized carbons (Fsp3) is 0.370. The van der Waals surface area contributed by atoms with Crippen LogP contribution in [0.15, 0.2) is 41.2 Å². The second kappa shape index (κ2) is 10.9. The van der Waals surface area contributed by atoms with Crippen LogP contribution in [0.4, 0.5) is 0 Å². The molecule has 0 saturated heterocycles. The molecule has 1 aromatic carbocycles. The van der Waals surface area contributed by atoms with E-state index in [1.165, 1.54) is 11.3 Å². The summed E-state index contributed by atoms with van der Waals surface area (Å²) in [6.45, 7) is -0.0195. The highest BCUT2D eigenvalue weighted by atomic mass is 32.1. The van der Waals surface area contributed by atoms with Gasteiger partial charge in [0.1, 0.15) is 18.1 Å². The van der Waals surface area contributed by atoms with E-state index in [0.717, 1.165) is 4.90 Å². The number of rotatable bonds is 8. The molecule has 2 N–H and O–H groups in total. The van der Waals surface area contributed by atoms with Crippen molar-refractivity contribution < 1.29 is 29.2 Å². The van der Waals surface area contributed by atoms with Crippen LogP contribution >= 0.6 is 11.3 Å². The highest BCUT2D eigenvalue weighted by Crippen LogP contribution is 2.46. The summed E-state index contributed by atoms with van der Waals surface area (Å²) in [5, 5.41) is 32.3. The fourth-order valence-electron chi connectivity index (χ4n) is 5.79. The minimum atomic E-state index is -3.01. The van der Waals surface area contributed by atoms with Crippen LogP contribution < -0.4 is 9.47 Å². The zero-order valence-electron chi connectivity index (χ0n) is 23.5. The van der Waals surface area contributed by atoms with Crippen LogP contribution in [0.3, 0.4) is 0 Å². The van der Waals surface area contributed by atoms with Gasteiger partial charge in [-0.15, -0.1) is 0 Å². The van der Waals surface area contributed by atoms with E-state index in [4.69, 9.17) is 50.7 Å². The Hall–Kier alpha value is -3.45. The molecule has 2 atom stereocenters. The molecule has 3 aromatic heterocycles. The Morgan fingerprint density at radius 1 is 1.16 bits per heavy atom. The smallest absolute Gasteiger partial charge is 0.278 e. The first-order valence-corrected chi connectivity index (χ1v) is 14.4. The summed E-state index contributed by atoms with van der Waals surface area (Å²) in [7, 11) is 25.9. The van der Waals surface area contributed by atoms with Gasteiger partial charge in [-0.25, -0.2) is 4.68 Å². The molecule has 0 spiro atoms. The average Bonchev–Trinajstić information content (AvgIpc) is 3.73. The molecule has 212 valence electrons. The predicted octanol–water partition coefficient (Wildman–Crippen LogP) is 1.16. The largest absolute Gasteiger partial charge is 0.496 e. The third-order valence-corrected chi connectivity index (χ3v) is 8.19. The van der Waals surface area contributed by atoms with Gasteiger partial charge in [-0.3, -0.25) is 14.4 Å². The fourth-order valence-corrected chi connectivity index (χ4v) is 6.40. The molecule has 4 heterocycles. The molecule has 4 aromatic rings. The molecule has 8 radical (unpaired) electrons. The first-order valence-electron chi connectivity index (χ1n) is 13.5. The number of carbonyl (C=O) groups is 1. The van der Waals surface area contributed by atoms with Gasteiger partial charge in [-0.2, -0.15) is 21.5 Å². The zero-order chi connectivity index (χ0) is 30.7. The van der Waals surface area contributed by atoms with Crippen molar-refractivity contribution in [3.63, 3.8) is 0 Å². The second-order valence-electron chi connectivity index (χ2n) is 10.7. The summed E-state index contributed by atoms with van der Waals surface area (Å²) in [6.07, 6.45) is 2.20. The lowest BCUT2D eigenvalue weighted by atomic mass is 9.52. The summed E-state index contributed by atoms with van der Waals surface area (Å²) < 4.78 is 20.6. The monoisotopic (exact) mass is 591 g/mol. The number of aryl methyl sites for hydroxylation is 1. The van der Waals surface area contributed by atoms with E-state index in [-0.39, 0.29) is 18.7 Å². The molecule has 1 amide bonds. The minimum absolute atomic E-state index is 0.0195. The first kappa shape index (κ1) is 29.6. The Labute approximate surface area is 257 Å². The summed E-state index contributed by atoms with van der Waals surface area (Å²) in [6, 6.07) is 6.65. The summed E-state index contributed by atoms with van der Waals surface area (Å²) in [5.74, 6) is -2.71. The molecule has 2 aliphatic rings. The van der Waals surface area contributed by atoms with Crippen molar-refractivity contribution in [3.8, 4) is 39.7 Å². The molecule has 1 fully saturated rings. The normalized spacial score (nSPS) is 18.1. The van der Waals surface area contributed by atoms with E-state index in [1.807, 2.05) is 42.2 Å². The number of aliphatic hydroxyl groups is 2. The number of methoxy groups -OCH3 is 1. The quantitative estimate of drug-likeness (QED) is 0.232. The Morgan fingerprint density at radius 3 is 2.58 bits per heavy atom. The first-order chi connectivity index (χ1) is 20.3. The molecule has 16 heteroatoms. The second-order valence-corrected chi connectivity index (χ2v) is 11.5. The van der Waals surface area contributed by atoms with E-state index < -0.39 is 29.2 Å². The van der Waals surface area contributed by atoms with Gasteiger partial charge in [-0.1, -0.05) is 0 Å². The molecule has 11 nitrogen and oxygen atoms in total. The SMILES string of the molecule is [B]C([B])([B])O[C@H]1CC[C@H](N(C(=O)c2nn(-c3ccsc3)c3c2COc2cc(OC)c(-c4ccn(C)n4)cc2-3)C([B])(O)O)C1. The molecule has 1 saturated carbocycles. The average molecular weight is 591 g/mol. The Kier molecular flexibility index (Phi) is 7.52. The lowest BCUT2D eigenvalue weighted by Crippen LogP contribution is -2.57. The lowest BCUT2D eigenvalue weighted by molar-refractivity contribution is -0.189. The van der Waals surface area contributed by atoms with Crippen molar-refractivity contribution in [1.82, 2.24) is 24.5 Å². The maximum atomic E-state index is 14.2. The highest BCUT2D eigenvalue weighted by Gasteiger charge is 2.44. The molecule has 6 rings (SSSR count). The number of fused-ring (bicyclic) bond motifs is 3. The number of hydrogen-bond donors (Lipinski definition) is 2. The zero-order valence-corrected chi connectivity index (χ0v) is 24.3. The van der Waals surface area contributed by atoms with Crippen LogP contribution in [0.25, 0.3) is 28.2 Å². The van der Waals surface area contributed by atoms with Crippen LogP contribution in [-0.2, 0) is 18.4 Å². The number of hydrogen-bond acceptors (Lipinski definition) is 9. The Morgan fingerprint density at radius 2 is 1.95 bits per heavy atom. The molecule has 1 aliphatic carbocycles. The van der Waals surface area contributed by atoms with Crippen molar-refractivity contribution in [3.05, 3.63) is 52.5 Å². The van der Waals surface area contributed by atoms with Gasteiger partial charge in [-0.05, 0) is 48.1 Å². The van der Waals surface area contributed by atoms with Crippen molar-refractivity contribution >= 4 is 48.6 Å². The van der Waals surface area contributed by atoms with Gasteiger partial charge in [0.15, 0.2) is 19.4 Å². The third kappa shape index (κ3) is 5.64. The Balaban J connectivity index is 1.47. The lowest BCUT2D eigenvalue weighted by Gasteiger charge is -2.38. The third-order valence-electron chi connectivity index (χ3n) is 7.52. The number of aromatic nitrogens is 4. The molecular formula is C27H25B4N5O6S. The number of thiophene rings is 1. The molecule has 0 unspecified atom stereocenters. The van der Waals surface area contributed by atoms with Crippen molar-refractivity contribution in [2.24, 2.45) is 7.05 Å². The standard InChI is InChI=1S/C27H25B4N5O6S/c1-34-7-5-20(32-34)17-10-18-22(11-21(17)40-2)41-12-19-23(33-36(24(18)19)15-6-8-43-13-15)25(37)35(27(31,38)39)14-3-4-16(9-14)42-26(28,29)30/h5-8,10-11,13-14,16,38-39H,3-4,9,12H2,1-2H3/t14-,16-/m0/s1. The summed E-state index contributed by atoms with van der Waals surface area (Å²) >= 11 is 1.46. The molecule has 43 heavy (non-hydrogen) atoms. The van der Waals surface area contributed by atoms with Crippen molar-refractivity contribution in [2.45, 2.75) is 49.1 Å². The van der Waals surface area contributed by atoms with Crippen molar-refractivity contribution in [1.29, 1.82) is 0 Å². The van der Waals surface area contributed by atoms with E-state index in [9.17, 15) is 15.0 Å². The maximum absolute atomic E-state index is 14.2. The van der Waals surface area contributed by atoms with Gasteiger partial charge in [0, 0.05) is 47.4 Å². The highest BCUT2D eigenvalue weighted by molar-refractivity contribution is 7.08. The van der Waals surface area contributed by atoms with E-state index >= 15 is 0 Å². The van der Waals surface area contributed by atoms with Crippen LogP contribution in [0.5, 0.6) is 11.5 Å². The topological polar surface area (TPSA) is 124 Å². The van der Waals surface area contributed by atoms with Crippen LogP contribution in [0.1, 0.15) is 35.3 Å². The van der Waals surface area contributed by atoms with E-state index in [2.05, 4.69) is 5.10 Å². The molecule has 0 bridgehead atoms. The summed E-state index contributed by atoms with van der Waals surface area (Å²) in [4.78, 5) is 15.0. The van der Waals surface area contributed by atoms with Crippen LogP contribution in [0.2, 0.25) is 0 Å². The predicted molar refractivity (Wildman–Crippen MR) is 162 cm³/mol. The van der Waals surface area contributed by atoms with Gasteiger partial charge in [0.25, 0.3) is 5.91 Å². The summed E-state index contributed by atoms with van der Waals surface area (Å²) in [5.41, 5.74) is 3.76. The van der Waals surface area contributed by atoms with Gasteiger partial charge in [0.05, 0.1) is 53.8 Å². The Bertz CT molecular complexity index is 1660. The minimum Gasteiger partial charge on any atom is -0.496 e. The van der Waals surface area contributed by atoms with Gasteiger partial charge < -0.3 is 24.4 Å². The number of ether oxygens (including phenoxy) is 3. The number of benzene rings is 1. The maximum Gasteiger partial charge on any atom is 0.278 e. The van der Waals surface area contributed by atoms with Crippen LogP contribution in [0, 0.1) is 0 Å². The van der Waals surface area contributed by atoms with Gasteiger partial charge >= 0.3 is 0 Å². The molecule has 1 aliphatic heterocycles.